The van der Waals surface area contributed by atoms with Crippen molar-refractivity contribution < 1.29 is 32.1 Å². The third kappa shape index (κ3) is 6.50. The molecule has 0 aromatic heterocycles. The lowest BCUT2D eigenvalue weighted by atomic mass is 10.0. The molecule has 39 heavy (non-hydrogen) atoms. The summed E-state index contributed by atoms with van der Waals surface area (Å²) in [5.74, 6) is 4.29. The molecule has 0 aliphatic heterocycles. The Balaban J connectivity index is 1.67. The Morgan fingerprint density at radius 2 is 0.718 bits per heavy atom. The van der Waals surface area contributed by atoms with Crippen LogP contribution in [0.4, 0.5) is 0 Å². The third-order valence-electron chi connectivity index (χ3n) is 6.01. The third-order valence-corrected chi connectivity index (χ3v) is 7.63. The highest BCUT2D eigenvalue weighted by Gasteiger charge is 2.17. The van der Waals surface area contributed by atoms with E-state index in [1.54, 1.807) is 42.7 Å². The summed E-state index contributed by atoms with van der Waals surface area (Å²) in [7, 11) is 9.83. The van der Waals surface area contributed by atoms with Gasteiger partial charge in [0, 0.05) is 56.1 Å². The van der Waals surface area contributed by atoms with Crippen molar-refractivity contribution in [2.45, 2.75) is 9.79 Å². The fourth-order valence-electron chi connectivity index (χ4n) is 3.98. The van der Waals surface area contributed by atoms with Gasteiger partial charge in [-0.05, 0) is 72.8 Å². The van der Waals surface area contributed by atoms with Gasteiger partial charge in [0.15, 0.2) is 0 Å². The summed E-state index contributed by atoms with van der Waals surface area (Å²) < 4.78 is 39.4. The predicted octanol–water partition coefficient (Wildman–Crippen LogP) is 7.80. The van der Waals surface area contributed by atoms with Crippen LogP contribution in [0.15, 0.2) is 82.6 Å². The molecule has 4 aromatic rings. The van der Waals surface area contributed by atoms with Gasteiger partial charge in [-0.3, -0.25) is 0 Å². The topological polar surface area (TPSA) is 64.6 Å². The van der Waals surface area contributed by atoms with Crippen LogP contribution in [-0.2, 0) is 3.63 Å². The van der Waals surface area contributed by atoms with Gasteiger partial charge in [0.25, 0.3) is 0 Å². The Kier molecular flexibility index (Phi) is 9.75. The summed E-state index contributed by atoms with van der Waals surface area (Å²) >= 11 is 2.49. The van der Waals surface area contributed by atoms with Crippen LogP contribution in [0.3, 0.4) is 0 Å². The molecule has 4 rings (SSSR count). The van der Waals surface area contributed by atoms with Crippen molar-refractivity contribution in [2.75, 3.05) is 42.7 Å². The molecule has 0 unspecified atom stereocenters. The van der Waals surface area contributed by atoms with Gasteiger partial charge in [0.2, 0.25) is 0 Å². The molecule has 0 aliphatic carbocycles. The van der Waals surface area contributed by atoms with E-state index >= 15 is 0 Å². The first-order valence-corrected chi connectivity index (χ1v) is 13.4. The van der Waals surface area contributed by atoms with Crippen LogP contribution < -0.4 is 28.4 Å². The summed E-state index contributed by atoms with van der Waals surface area (Å²) in [6.45, 7) is 0. The number of ether oxygens (including phenoxy) is 6. The molecule has 0 amide bonds. The molecule has 0 heterocycles. The summed E-state index contributed by atoms with van der Waals surface area (Å²) in [6, 6.07) is 22.9. The van der Waals surface area contributed by atoms with E-state index in [4.69, 9.17) is 32.1 Å². The van der Waals surface area contributed by atoms with Crippen molar-refractivity contribution in [2.24, 2.45) is 0 Å². The van der Waals surface area contributed by atoms with Crippen molar-refractivity contribution in [1.29, 1.82) is 0 Å². The number of hydrogen-bond acceptors (Lipinski definition) is 9. The molecule has 0 atom stereocenters. The molecule has 204 valence electrons. The lowest BCUT2D eigenvalue weighted by Crippen LogP contribution is -1.94. The highest BCUT2D eigenvalue weighted by Crippen LogP contribution is 2.45. The van der Waals surface area contributed by atoms with Crippen LogP contribution >= 0.6 is 24.1 Å². The standard InChI is InChI=1S/C30H30O7S2/c1-31-19-7-11-27(35-5)23(15-19)25-17-21(33-3)9-13-29(25)38-37-39-30-14-10-22(34-4)18-26(30)24-16-20(32-2)8-12-28(24)36-6/h7-18H,1-6H3. The van der Waals surface area contributed by atoms with Crippen LogP contribution in [-0.4, -0.2) is 42.7 Å². The Bertz CT molecular complexity index is 1320. The molecule has 7 nitrogen and oxygen atoms in total. The second-order valence-corrected chi connectivity index (χ2v) is 9.85. The van der Waals surface area contributed by atoms with E-state index in [0.717, 1.165) is 55.0 Å². The molecule has 4 aromatic carbocycles. The van der Waals surface area contributed by atoms with E-state index in [1.807, 2.05) is 72.8 Å². The average Bonchev–Trinajstić information content (AvgIpc) is 3.00. The smallest absolute Gasteiger partial charge is 0.126 e. The Morgan fingerprint density at radius 3 is 1.05 bits per heavy atom. The molecule has 0 bridgehead atoms. The molecule has 0 N–H and O–H groups in total. The van der Waals surface area contributed by atoms with Gasteiger partial charge in [0.1, 0.15) is 34.5 Å². The minimum Gasteiger partial charge on any atom is -0.497 e. The molecule has 0 saturated heterocycles. The SMILES string of the molecule is COc1ccc(OC)c(-c2cc(OC)ccc2SOSc2ccc(OC)cc2-c2cc(OC)ccc2OC)c1. The van der Waals surface area contributed by atoms with E-state index in [0.29, 0.717) is 11.5 Å². The number of methoxy groups -OCH3 is 6. The van der Waals surface area contributed by atoms with Gasteiger partial charge < -0.3 is 28.4 Å². The fraction of sp³-hybridized carbons (Fsp3) is 0.200. The van der Waals surface area contributed by atoms with Crippen LogP contribution in [0.2, 0.25) is 0 Å². The first kappa shape index (κ1) is 28.4. The minimum atomic E-state index is 0.709. The maximum absolute atomic E-state index is 6.14. The zero-order valence-electron chi connectivity index (χ0n) is 22.6. The largest absolute Gasteiger partial charge is 0.497 e. The maximum Gasteiger partial charge on any atom is 0.126 e. The quantitative estimate of drug-likeness (QED) is 0.160. The van der Waals surface area contributed by atoms with Crippen molar-refractivity contribution in [3.63, 3.8) is 0 Å². The van der Waals surface area contributed by atoms with Gasteiger partial charge in [-0.15, -0.1) is 0 Å². The molecule has 0 spiro atoms. The van der Waals surface area contributed by atoms with Crippen molar-refractivity contribution in [3.05, 3.63) is 72.8 Å². The van der Waals surface area contributed by atoms with Gasteiger partial charge >= 0.3 is 0 Å². The van der Waals surface area contributed by atoms with Gasteiger partial charge in [0.05, 0.1) is 42.7 Å². The fourth-order valence-corrected chi connectivity index (χ4v) is 5.46. The monoisotopic (exact) mass is 566 g/mol. The highest BCUT2D eigenvalue weighted by molar-refractivity contribution is 8.08. The number of rotatable bonds is 12. The number of hydrogen-bond donors (Lipinski definition) is 0. The van der Waals surface area contributed by atoms with Crippen LogP contribution in [0, 0.1) is 0 Å². The van der Waals surface area contributed by atoms with Crippen molar-refractivity contribution >= 4 is 24.1 Å². The molecule has 9 heteroatoms. The van der Waals surface area contributed by atoms with Crippen LogP contribution in [0.1, 0.15) is 0 Å². The summed E-state index contributed by atoms with van der Waals surface area (Å²) in [5, 5.41) is 0. The van der Waals surface area contributed by atoms with Crippen LogP contribution in [0.5, 0.6) is 34.5 Å². The Labute approximate surface area is 237 Å². The molecule has 0 radical (unpaired) electrons. The van der Waals surface area contributed by atoms with Crippen molar-refractivity contribution in [3.8, 4) is 56.8 Å². The summed E-state index contributed by atoms with van der Waals surface area (Å²) in [4.78, 5) is 1.76. The molecule has 0 fully saturated rings. The molecular weight excluding hydrogens is 536 g/mol. The maximum atomic E-state index is 6.14. The van der Waals surface area contributed by atoms with Gasteiger partial charge in [-0.2, -0.15) is 0 Å². The zero-order valence-corrected chi connectivity index (χ0v) is 24.2. The molecule has 0 saturated carbocycles. The second kappa shape index (κ2) is 13.4. The lowest BCUT2D eigenvalue weighted by molar-refractivity contribution is 0.404. The molecular formula is C30H30O7S2. The minimum absolute atomic E-state index is 0.709. The van der Waals surface area contributed by atoms with Gasteiger partial charge in [-0.25, -0.2) is 3.63 Å². The predicted molar refractivity (Wildman–Crippen MR) is 156 cm³/mol. The van der Waals surface area contributed by atoms with Gasteiger partial charge in [-0.1, -0.05) is 0 Å². The van der Waals surface area contributed by atoms with E-state index < -0.39 is 0 Å². The normalized spacial score (nSPS) is 10.6. The van der Waals surface area contributed by atoms with E-state index in [-0.39, 0.29) is 0 Å². The zero-order chi connectivity index (χ0) is 27.8. The van der Waals surface area contributed by atoms with E-state index in [2.05, 4.69) is 0 Å². The van der Waals surface area contributed by atoms with E-state index in [9.17, 15) is 0 Å². The first-order valence-electron chi connectivity index (χ1n) is 11.9. The Hall–Kier alpha value is -3.66. The second-order valence-electron chi connectivity index (χ2n) is 8.09. The van der Waals surface area contributed by atoms with Crippen molar-refractivity contribution in [1.82, 2.24) is 0 Å². The first-order chi connectivity index (χ1) is 19.0. The van der Waals surface area contributed by atoms with Crippen LogP contribution in [0.25, 0.3) is 22.3 Å². The summed E-state index contributed by atoms with van der Waals surface area (Å²) in [5.41, 5.74) is 3.50. The molecule has 0 aliphatic rings. The highest BCUT2D eigenvalue weighted by atomic mass is 32.2. The number of benzene rings is 4. The lowest BCUT2D eigenvalue weighted by Gasteiger charge is -2.16. The van der Waals surface area contributed by atoms with E-state index in [1.165, 1.54) is 24.1 Å². The summed E-state index contributed by atoms with van der Waals surface area (Å²) in [6.07, 6.45) is 0. The average molecular weight is 567 g/mol. The Morgan fingerprint density at radius 1 is 0.385 bits per heavy atom.